The van der Waals surface area contributed by atoms with Crippen LogP contribution in [0, 0.1) is 10.1 Å². The third-order valence-electron chi connectivity index (χ3n) is 5.39. The third kappa shape index (κ3) is 4.51. The van der Waals surface area contributed by atoms with E-state index in [0.29, 0.717) is 49.6 Å². The number of amides is 1. The van der Waals surface area contributed by atoms with E-state index in [-0.39, 0.29) is 15.7 Å². The number of carbonyl (C=O) groups excluding carboxylic acids is 1. The molecule has 0 bridgehead atoms. The van der Waals surface area contributed by atoms with E-state index in [1.54, 1.807) is 34.1 Å². The summed E-state index contributed by atoms with van der Waals surface area (Å²) in [4.78, 5) is 42.9. The van der Waals surface area contributed by atoms with Gasteiger partial charge in [0.25, 0.3) is 17.2 Å². The van der Waals surface area contributed by atoms with Crippen molar-refractivity contribution in [3.8, 4) is 5.75 Å². The number of hydrogen-bond donors (Lipinski definition) is 0. The molecule has 0 unspecified atom stereocenters. The number of anilines is 1. The second-order valence-corrected chi connectivity index (χ2v) is 8.41. The Morgan fingerprint density at radius 1 is 1.15 bits per heavy atom. The minimum absolute atomic E-state index is 0.150. The molecule has 0 aliphatic carbocycles. The Morgan fingerprint density at radius 2 is 1.79 bits per heavy atom. The summed E-state index contributed by atoms with van der Waals surface area (Å²) in [5.74, 6) is 0.437. The highest BCUT2D eigenvalue weighted by Gasteiger charge is 2.34. The number of aromatic nitrogens is 1. The number of methoxy groups -OCH3 is 1. The molecule has 0 spiro atoms. The topological polar surface area (TPSA) is 106 Å². The van der Waals surface area contributed by atoms with Crippen molar-refractivity contribution in [2.24, 2.45) is 0 Å². The summed E-state index contributed by atoms with van der Waals surface area (Å²) in [5.41, 5.74) is -2.58. The van der Waals surface area contributed by atoms with Crippen LogP contribution >= 0.6 is 11.3 Å². The van der Waals surface area contributed by atoms with Gasteiger partial charge in [-0.25, -0.2) is 0 Å². The van der Waals surface area contributed by atoms with Crippen molar-refractivity contribution >= 4 is 38.1 Å². The number of nitro benzene ring substituents is 1. The zero-order valence-electron chi connectivity index (χ0n) is 17.7. The van der Waals surface area contributed by atoms with E-state index in [4.69, 9.17) is 4.74 Å². The van der Waals surface area contributed by atoms with Crippen LogP contribution in [-0.4, -0.2) is 54.0 Å². The standard InChI is InChI=1S/C21H17F3N4O5S/c1-33-14-4-2-12(3-5-14)19(30)26-6-8-27(9-7-26)20-25-18(29)15-10-13(21(22,23)24)11-16(28(31)32)17(15)34-20/h2-5,10-11H,6-9H2,1H3. The molecule has 4 rings (SSSR count). The number of fused-ring (bicyclic) bond motifs is 1. The van der Waals surface area contributed by atoms with Crippen LogP contribution in [0.3, 0.4) is 0 Å². The lowest BCUT2D eigenvalue weighted by molar-refractivity contribution is -0.383. The van der Waals surface area contributed by atoms with Crippen molar-refractivity contribution in [3.63, 3.8) is 0 Å². The van der Waals surface area contributed by atoms with Crippen molar-refractivity contribution in [2.45, 2.75) is 6.18 Å². The van der Waals surface area contributed by atoms with E-state index in [9.17, 15) is 32.9 Å². The quantitative estimate of drug-likeness (QED) is 0.403. The maximum atomic E-state index is 13.1. The molecule has 0 radical (unpaired) electrons. The zero-order chi connectivity index (χ0) is 24.6. The Morgan fingerprint density at radius 3 is 2.35 bits per heavy atom. The highest BCUT2D eigenvalue weighted by Crippen LogP contribution is 2.38. The highest BCUT2D eigenvalue weighted by molar-refractivity contribution is 7.22. The van der Waals surface area contributed by atoms with Crippen LogP contribution in [-0.2, 0) is 6.18 Å². The van der Waals surface area contributed by atoms with Crippen LogP contribution in [0.25, 0.3) is 10.1 Å². The number of hydrogen-bond acceptors (Lipinski definition) is 8. The molecule has 0 saturated carbocycles. The number of halogens is 3. The van der Waals surface area contributed by atoms with E-state index in [0.717, 1.165) is 11.3 Å². The number of non-ortho nitro benzene ring substituents is 1. The highest BCUT2D eigenvalue weighted by atomic mass is 32.1. The van der Waals surface area contributed by atoms with Crippen LogP contribution < -0.4 is 15.2 Å². The molecule has 1 amide bonds. The summed E-state index contributed by atoms with van der Waals surface area (Å²) >= 11 is 0.780. The normalized spacial score (nSPS) is 14.4. The van der Waals surface area contributed by atoms with Crippen LogP contribution in [0.4, 0.5) is 24.0 Å². The van der Waals surface area contributed by atoms with Gasteiger partial charge in [0.2, 0.25) is 0 Å². The smallest absolute Gasteiger partial charge is 0.416 e. The first-order chi connectivity index (χ1) is 16.1. The fourth-order valence-electron chi connectivity index (χ4n) is 3.59. The monoisotopic (exact) mass is 494 g/mol. The molecule has 2 heterocycles. The molecule has 9 nitrogen and oxygen atoms in total. The van der Waals surface area contributed by atoms with Gasteiger partial charge in [-0.05, 0) is 30.3 Å². The van der Waals surface area contributed by atoms with Gasteiger partial charge < -0.3 is 14.5 Å². The van der Waals surface area contributed by atoms with Gasteiger partial charge in [0.15, 0.2) is 5.13 Å². The summed E-state index contributed by atoms with van der Waals surface area (Å²) in [6, 6.07) is 7.67. The van der Waals surface area contributed by atoms with Crippen LogP contribution in [0.1, 0.15) is 15.9 Å². The van der Waals surface area contributed by atoms with E-state index >= 15 is 0 Å². The Hall–Kier alpha value is -3.74. The molecule has 0 atom stereocenters. The number of benzene rings is 2. The van der Waals surface area contributed by atoms with Crippen LogP contribution in [0.15, 0.2) is 41.2 Å². The van der Waals surface area contributed by atoms with Crippen LogP contribution in [0.5, 0.6) is 5.75 Å². The Labute approximate surface area is 194 Å². The predicted molar refractivity (Wildman–Crippen MR) is 119 cm³/mol. The van der Waals surface area contributed by atoms with Crippen molar-refractivity contribution in [1.82, 2.24) is 9.88 Å². The fourth-order valence-corrected chi connectivity index (χ4v) is 4.71. The number of nitrogens with zero attached hydrogens (tertiary/aromatic N) is 4. The number of ether oxygens (including phenoxy) is 1. The molecule has 34 heavy (non-hydrogen) atoms. The van der Waals surface area contributed by atoms with Gasteiger partial charge in [0.05, 0.1) is 23.0 Å². The maximum Gasteiger partial charge on any atom is 0.416 e. The Balaban J connectivity index is 1.59. The molecule has 0 N–H and O–H groups in total. The molecule has 13 heteroatoms. The van der Waals surface area contributed by atoms with Crippen molar-refractivity contribution < 1.29 is 27.6 Å². The molecule has 1 saturated heterocycles. The first-order valence-electron chi connectivity index (χ1n) is 9.97. The van der Waals surface area contributed by atoms with Gasteiger partial charge >= 0.3 is 6.18 Å². The second kappa shape index (κ2) is 8.89. The fraction of sp³-hybridized carbons (Fsp3) is 0.286. The first kappa shape index (κ1) is 23.4. The van der Waals surface area contributed by atoms with Crippen molar-refractivity contribution in [2.75, 3.05) is 38.2 Å². The lowest BCUT2D eigenvalue weighted by atomic mass is 10.1. The maximum absolute atomic E-state index is 13.1. The number of rotatable bonds is 4. The van der Waals surface area contributed by atoms with Gasteiger partial charge in [-0.1, -0.05) is 11.3 Å². The van der Waals surface area contributed by atoms with E-state index in [2.05, 4.69) is 4.98 Å². The molecule has 1 aliphatic heterocycles. The number of nitro groups is 1. The summed E-state index contributed by atoms with van der Waals surface area (Å²) < 4.78 is 44.3. The molecular weight excluding hydrogens is 477 g/mol. The Bertz CT molecular complexity index is 1320. The summed E-state index contributed by atoms with van der Waals surface area (Å²) in [7, 11) is 1.52. The molecule has 178 valence electrons. The molecule has 1 fully saturated rings. The van der Waals surface area contributed by atoms with Gasteiger partial charge in [-0.2, -0.15) is 18.2 Å². The largest absolute Gasteiger partial charge is 0.497 e. The van der Waals surface area contributed by atoms with Gasteiger partial charge in [-0.15, -0.1) is 0 Å². The van der Waals surface area contributed by atoms with E-state index in [1.807, 2.05) is 0 Å². The van der Waals surface area contributed by atoms with Crippen molar-refractivity contribution in [1.29, 1.82) is 0 Å². The third-order valence-corrected chi connectivity index (χ3v) is 6.55. The SMILES string of the molecule is COc1ccc(C(=O)N2CCN(c3nc(=O)c4cc(C(F)(F)F)cc([N+](=O)[O-])c4s3)CC2)cc1. The minimum Gasteiger partial charge on any atom is -0.497 e. The molecule has 3 aromatic rings. The van der Waals surface area contributed by atoms with Crippen LogP contribution in [0.2, 0.25) is 0 Å². The lowest BCUT2D eigenvalue weighted by Crippen LogP contribution is -2.49. The molecule has 2 aromatic carbocycles. The molecule has 1 aromatic heterocycles. The average Bonchev–Trinajstić information content (AvgIpc) is 2.82. The predicted octanol–water partition coefficient (Wildman–Crippen LogP) is 3.55. The zero-order valence-corrected chi connectivity index (χ0v) is 18.5. The summed E-state index contributed by atoms with van der Waals surface area (Å²) in [6.45, 7) is 1.21. The second-order valence-electron chi connectivity index (χ2n) is 7.44. The molecule has 1 aliphatic rings. The van der Waals surface area contributed by atoms with E-state index < -0.39 is 33.3 Å². The summed E-state index contributed by atoms with van der Waals surface area (Å²) in [5, 5.41) is 11.1. The van der Waals surface area contributed by atoms with Gasteiger partial charge in [-0.3, -0.25) is 19.7 Å². The lowest BCUT2D eigenvalue weighted by Gasteiger charge is -2.35. The van der Waals surface area contributed by atoms with Gasteiger partial charge in [0.1, 0.15) is 10.4 Å². The average molecular weight is 494 g/mol. The number of piperazine rings is 1. The summed E-state index contributed by atoms with van der Waals surface area (Å²) in [6.07, 6.45) is -4.85. The van der Waals surface area contributed by atoms with E-state index in [1.165, 1.54) is 7.11 Å². The number of alkyl halides is 3. The number of carbonyl (C=O) groups is 1. The first-order valence-corrected chi connectivity index (χ1v) is 10.8. The van der Waals surface area contributed by atoms with Crippen molar-refractivity contribution in [3.05, 3.63) is 68.0 Å². The molecular formula is C21H17F3N4O5S. The minimum atomic E-state index is -4.85. The van der Waals surface area contributed by atoms with Gasteiger partial charge in [0, 0.05) is 37.8 Å². The Kier molecular flexibility index (Phi) is 6.13.